The maximum absolute atomic E-state index is 10.9. The highest BCUT2D eigenvalue weighted by Gasteiger charge is 2.28. The molecule has 0 aromatic heterocycles. The summed E-state index contributed by atoms with van der Waals surface area (Å²) >= 11 is 0. The highest BCUT2D eigenvalue weighted by Crippen LogP contribution is 2.26. The summed E-state index contributed by atoms with van der Waals surface area (Å²) in [5.41, 5.74) is 0. The molecule has 0 aromatic rings. The number of carbonyl (C=O) groups is 1. The zero-order valence-electron chi connectivity index (χ0n) is 11.7. The van der Waals surface area contributed by atoms with E-state index < -0.39 is 5.97 Å². The predicted molar refractivity (Wildman–Crippen MR) is 76.8 cm³/mol. The van der Waals surface area contributed by atoms with Crippen LogP contribution < -0.4 is 0 Å². The molecule has 112 valence electrons. The molecule has 2 aliphatic rings. The molecule has 19 heavy (non-hydrogen) atoms. The summed E-state index contributed by atoms with van der Waals surface area (Å²) in [6, 6.07) is 0. The lowest BCUT2D eigenvalue weighted by Crippen LogP contribution is -2.31. The molecule has 5 heteroatoms. The van der Waals surface area contributed by atoms with Crippen LogP contribution in [0.5, 0.6) is 0 Å². The van der Waals surface area contributed by atoms with Crippen molar-refractivity contribution in [3.63, 3.8) is 0 Å². The Hall–Kier alpha value is -0.320. The van der Waals surface area contributed by atoms with Crippen molar-refractivity contribution in [3.8, 4) is 0 Å². The van der Waals surface area contributed by atoms with Gasteiger partial charge in [-0.15, -0.1) is 12.4 Å². The fourth-order valence-electron chi connectivity index (χ4n) is 3.10. The van der Waals surface area contributed by atoms with Crippen molar-refractivity contribution >= 4 is 18.4 Å². The second kappa shape index (κ2) is 8.08. The first-order valence-corrected chi connectivity index (χ1v) is 7.23. The number of ether oxygens (including phenoxy) is 1. The summed E-state index contributed by atoms with van der Waals surface area (Å²) in [4.78, 5) is 13.1. The maximum atomic E-state index is 10.9. The Bertz CT molecular complexity index is 288. The number of rotatable bonds is 5. The molecule has 4 nitrogen and oxygen atoms in total. The summed E-state index contributed by atoms with van der Waals surface area (Å²) in [6.45, 7) is 5.51. The quantitative estimate of drug-likeness (QED) is 0.845. The molecular formula is C14H26ClNO3. The van der Waals surface area contributed by atoms with Crippen molar-refractivity contribution in [2.75, 3.05) is 26.2 Å². The molecular weight excluding hydrogens is 266 g/mol. The fourth-order valence-corrected chi connectivity index (χ4v) is 3.10. The molecule has 2 rings (SSSR count). The molecule has 2 fully saturated rings. The number of hydrogen-bond acceptors (Lipinski definition) is 3. The van der Waals surface area contributed by atoms with E-state index in [4.69, 9.17) is 9.84 Å². The minimum atomic E-state index is -0.653. The van der Waals surface area contributed by atoms with Crippen LogP contribution in [0.25, 0.3) is 0 Å². The van der Waals surface area contributed by atoms with Gasteiger partial charge in [0.2, 0.25) is 0 Å². The fraction of sp³-hybridized carbons (Fsp3) is 0.929. The minimum Gasteiger partial charge on any atom is -0.481 e. The number of aliphatic carboxylic acids is 1. The molecule has 1 aliphatic heterocycles. The molecule has 1 heterocycles. The van der Waals surface area contributed by atoms with E-state index in [0.29, 0.717) is 18.6 Å². The van der Waals surface area contributed by atoms with Crippen LogP contribution in [0.4, 0.5) is 0 Å². The number of carboxylic acids is 1. The maximum Gasteiger partial charge on any atom is 0.307 e. The Labute approximate surface area is 121 Å². The van der Waals surface area contributed by atoms with Crippen LogP contribution in [0, 0.1) is 11.8 Å². The van der Waals surface area contributed by atoms with Crippen molar-refractivity contribution in [1.82, 2.24) is 4.90 Å². The molecule has 0 aromatic carbocycles. The molecule has 1 aliphatic carbocycles. The summed E-state index contributed by atoms with van der Waals surface area (Å²) < 4.78 is 5.96. The van der Waals surface area contributed by atoms with Crippen LogP contribution >= 0.6 is 12.4 Å². The number of carboxylic acid groups (broad SMARTS) is 1. The third kappa shape index (κ3) is 4.93. The largest absolute Gasteiger partial charge is 0.481 e. The van der Waals surface area contributed by atoms with Crippen molar-refractivity contribution in [2.45, 2.75) is 45.1 Å². The van der Waals surface area contributed by atoms with Crippen LogP contribution in [-0.2, 0) is 9.53 Å². The molecule has 0 radical (unpaired) electrons. The van der Waals surface area contributed by atoms with Crippen LogP contribution in [0.2, 0.25) is 0 Å². The van der Waals surface area contributed by atoms with Gasteiger partial charge in [0.15, 0.2) is 0 Å². The van der Waals surface area contributed by atoms with E-state index in [1.165, 1.54) is 25.7 Å². The highest BCUT2D eigenvalue weighted by atomic mass is 35.5. The van der Waals surface area contributed by atoms with E-state index in [1.807, 2.05) is 0 Å². The van der Waals surface area contributed by atoms with Crippen molar-refractivity contribution in [1.29, 1.82) is 0 Å². The van der Waals surface area contributed by atoms with Gasteiger partial charge in [0.1, 0.15) is 0 Å². The summed E-state index contributed by atoms with van der Waals surface area (Å²) in [5, 5.41) is 8.94. The lowest BCUT2D eigenvalue weighted by molar-refractivity contribution is -0.141. The van der Waals surface area contributed by atoms with Gasteiger partial charge in [0, 0.05) is 13.1 Å². The topological polar surface area (TPSA) is 49.8 Å². The van der Waals surface area contributed by atoms with E-state index in [1.54, 1.807) is 0 Å². The van der Waals surface area contributed by atoms with Gasteiger partial charge < -0.3 is 14.7 Å². The van der Waals surface area contributed by atoms with Crippen molar-refractivity contribution < 1.29 is 14.6 Å². The van der Waals surface area contributed by atoms with Crippen LogP contribution in [0.15, 0.2) is 0 Å². The third-order valence-electron chi connectivity index (χ3n) is 4.39. The number of nitrogens with zero attached hydrogens (tertiary/aromatic N) is 1. The average Bonchev–Trinajstić information content (AvgIpc) is 2.80. The second-order valence-electron chi connectivity index (χ2n) is 5.80. The molecule has 1 saturated heterocycles. The molecule has 1 N–H and O–H groups in total. The molecule has 0 spiro atoms. The van der Waals surface area contributed by atoms with E-state index in [9.17, 15) is 4.79 Å². The number of likely N-dealkylation sites (tertiary alicyclic amines) is 1. The zero-order chi connectivity index (χ0) is 13.0. The molecule has 1 saturated carbocycles. The van der Waals surface area contributed by atoms with Crippen LogP contribution in [0.1, 0.15) is 39.0 Å². The Morgan fingerprint density at radius 1 is 1.32 bits per heavy atom. The van der Waals surface area contributed by atoms with Gasteiger partial charge in [-0.05, 0) is 31.7 Å². The van der Waals surface area contributed by atoms with Crippen molar-refractivity contribution in [3.05, 3.63) is 0 Å². The predicted octanol–water partition coefficient (Wildman–Crippen LogP) is 2.41. The van der Waals surface area contributed by atoms with Crippen molar-refractivity contribution in [2.24, 2.45) is 11.8 Å². The normalized spacial score (nSPS) is 31.9. The van der Waals surface area contributed by atoms with Gasteiger partial charge in [0.25, 0.3) is 0 Å². The molecule has 0 bridgehead atoms. The Morgan fingerprint density at radius 2 is 2.05 bits per heavy atom. The van der Waals surface area contributed by atoms with Gasteiger partial charge in [0.05, 0.1) is 18.6 Å². The lowest BCUT2D eigenvalue weighted by Gasteiger charge is -2.29. The average molecular weight is 292 g/mol. The highest BCUT2D eigenvalue weighted by molar-refractivity contribution is 5.85. The standard InChI is InChI=1S/C14H25NO3.ClH/c1-11-4-2-3-5-13(11)18-9-8-15-7-6-12(10-15)14(16)17;/h11-13H,2-10H2,1H3,(H,16,17);1H. The summed E-state index contributed by atoms with van der Waals surface area (Å²) in [5.74, 6) is -0.137. The van der Waals surface area contributed by atoms with Gasteiger partial charge in [-0.3, -0.25) is 4.79 Å². The van der Waals surface area contributed by atoms with E-state index in [-0.39, 0.29) is 18.3 Å². The van der Waals surface area contributed by atoms with Gasteiger partial charge >= 0.3 is 5.97 Å². The van der Waals surface area contributed by atoms with Gasteiger partial charge in [-0.1, -0.05) is 19.8 Å². The smallest absolute Gasteiger partial charge is 0.307 e. The zero-order valence-corrected chi connectivity index (χ0v) is 12.5. The van der Waals surface area contributed by atoms with Gasteiger partial charge in [-0.25, -0.2) is 0 Å². The number of halogens is 1. The minimum absolute atomic E-state index is 0. The SMILES string of the molecule is CC1CCCCC1OCCN1CCC(C(=O)O)C1.Cl. The first kappa shape index (κ1) is 16.7. The van der Waals surface area contributed by atoms with E-state index in [2.05, 4.69) is 11.8 Å². The lowest BCUT2D eigenvalue weighted by atomic mass is 9.88. The Morgan fingerprint density at radius 3 is 2.68 bits per heavy atom. The Kier molecular flexibility index (Phi) is 7.11. The summed E-state index contributed by atoms with van der Waals surface area (Å²) in [6.07, 6.45) is 6.33. The molecule has 3 unspecified atom stereocenters. The first-order chi connectivity index (χ1) is 8.66. The van der Waals surface area contributed by atoms with E-state index >= 15 is 0 Å². The monoisotopic (exact) mass is 291 g/mol. The molecule has 3 atom stereocenters. The Balaban J connectivity index is 0.00000180. The van der Waals surface area contributed by atoms with Gasteiger partial charge in [-0.2, -0.15) is 0 Å². The van der Waals surface area contributed by atoms with E-state index in [0.717, 1.165) is 26.1 Å². The van der Waals surface area contributed by atoms with Crippen LogP contribution in [-0.4, -0.2) is 48.3 Å². The number of hydrogen-bond donors (Lipinski definition) is 1. The third-order valence-corrected chi connectivity index (χ3v) is 4.39. The second-order valence-corrected chi connectivity index (χ2v) is 5.80. The van der Waals surface area contributed by atoms with Crippen LogP contribution in [0.3, 0.4) is 0 Å². The summed E-state index contributed by atoms with van der Waals surface area (Å²) in [7, 11) is 0. The first-order valence-electron chi connectivity index (χ1n) is 7.23. The molecule has 0 amide bonds.